The number of anilines is 1. The van der Waals surface area contributed by atoms with Crippen LogP contribution in [0.5, 0.6) is 0 Å². The van der Waals surface area contributed by atoms with Crippen LogP contribution in [0.4, 0.5) is 10.7 Å². The van der Waals surface area contributed by atoms with Crippen LogP contribution in [-0.2, 0) is 14.3 Å². The third-order valence-electron chi connectivity index (χ3n) is 7.46. The summed E-state index contributed by atoms with van der Waals surface area (Å²) in [5.74, 6) is -0.443. The molecule has 10 nitrogen and oxygen atoms in total. The number of likely N-dealkylation sites (tertiary alicyclic amines) is 1. The number of aromatic amines is 1. The molecule has 0 aliphatic carbocycles. The molecular formula is C28H26N6O4S. The number of rotatable bonds is 3. The van der Waals surface area contributed by atoms with Gasteiger partial charge in [0.2, 0.25) is 5.95 Å². The Morgan fingerprint density at radius 1 is 1.03 bits per heavy atom. The number of amides is 3. The zero-order valence-electron chi connectivity index (χ0n) is 21.6. The summed E-state index contributed by atoms with van der Waals surface area (Å²) in [6, 6.07) is 9.46. The van der Waals surface area contributed by atoms with Gasteiger partial charge in [0.1, 0.15) is 10.4 Å². The predicted molar refractivity (Wildman–Crippen MR) is 148 cm³/mol. The van der Waals surface area contributed by atoms with E-state index >= 15 is 0 Å². The first-order valence-electron chi connectivity index (χ1n) is 12.9. The SMILES string of the molecule is CC(C)(C)OC(=O)N1C[C@@H]2C[C@H]1CN2c1nc(C2=C(c3c[nH]c4sccc34)C(=O)NC2=O)c2ccccc2n1. The second-order valence-electron chi connectivity index (χ2n) is 11.1. The Morgan fingerprint density at radius 3 is 2.59 bits per heavy atom. The zero-order chi connectivity index (χ0) is 27.1. The highest BCUT2D eigenvalue weighted by Crippen LogP contribution is 2.40. The van der Waals surface area contributed by atoms with E-state index in [1.165, 1.54) is 11.3 Å². The number of hydrogen-bond acceptors (Lipinski definition) is 8. The molecule has 1 aromatic carbocycles. The molecule has 2 bridgehead atoms. The van der Waals surface area contributed by atoms with Crippen LogP contribution in [0.25, 0.3) is 32.3 Å². The molecule has 3 aliphatic rings. The third-order valence-corrected chi connectivity index (χ3v) is 8.30. The van der Waals surface area contributed by atoms with E-state index in [2.05, 4.69) is 15.2 Å². The average molecular weight is 543 g/mol. The number of aromatic nitrogens is 3. The van der Waals surface area contributed by atoms with Gasteiger partial charge in [-0.05, 0) is 44.7 Å². The van der Waals surface area contributed by atoms with Crippen LogP contribution in [0.2, 0.25) is 0 Å². The molecule has 6 heterocycles. The van der Waals surface area contributed by atoms with Gasteiger partial charge in [0.25, 0.3) is 11.8 Å². The maximum atomic E-state index is 13.3. The predicted octanol–water partition coefficient (Wildman–Crippen LogP) is 3.94. The maximum Gasteiger partial charge on any atom is 0.410 e. The van der Waals surface area contributed by atoms with E-state index in [-0.39, 0.29) is 23.8 Å². The number of ether oxygens (including phenoxy) is 1. The highest BCUT2D eigenvalue weighted by Gasteiger charge is 2.48. The van der Waals surface area contributed by atoms with Crippen LogP contribution in [-0.4, -0.2) is 68.5 Å². The van der Waals surface area contributed by atoms with Crippen LogP contribution < -0.4 is 10.2 Å². The lowest BCUT2D eigenvalue weighted by Gasteiger charge is -2.35. The smallest absolute Gasteiger partial charge is 0.410 e. The molecule has 2 atom stereocenters. The minimum Gasteiger partial charge on any atom is -0.444 e. The van der Waals surface area contributed by atoms with Crippen molar-refractivity contribution in [3.05, 3.63) is 53.2 Å². The first kappa shape index (κ1) is 23.8. The summed E-state index contributed by atoms with van der Waals surface area (Å²) >= 11 is 1.54. The Labute approximate surface area is 227 Å². The zero-order valence-corrected chi connectivity index (χ0v) is 22.5. The number of H-pyrrole nitrogens is 1. The van der Waals surface area contributed by atoms with Crippen molar-refractivity contribution in [1.82, 2.24) is 25.2 Å². The molecule has 2 saturated heterocycles. The van der Waals surface area contributed by atoms with Gasteiger partial charge in [-0.15, -0.1) is 11.3 Å². The third kappa shape index (κ3) is 3.79. The van der Waals surface area contributed by atoms with Crippen molar-refractivity contribution < 1.29 is 19.1 Å². The molecule has 0 unspecified atom stereocenters. The molecule has 2 fully saturated rings. The molecule has 7 rings (SSSR count). The van der Waals surface area contributed by atoms with Gasteiger partial charge >= 0.3 is 6.09 Å². The summed E-state index contributed by atoms with van der Waals surface area (Å²) in [5.41, 5.74) is 1.75. The molecule has 2 N–H and O–H groups in total. The van der Waals surface area contributed by atoms with E-state index in [0.717, 1.165) is 16.6 Å². The summed E-state index contributed by atoms with van der Waals surface area (Å²) in [5, 5.41) is 6.00. The van der Waals surface area contributed by atoms with Gasteiger partial charge in [-0.25, -0.2) is 14.8 Å². The first-order chi connectivity index (χ1) is 18.7. The lowest BCUT2D eigenvalue weighted by Crippen LogP contribution is -2.50. The topological polar surface area (TPSA) is 121 Å². The molecule has 39 heavy (non-hydrogen) atoms. The van der Waals surface area contributed by atoms with Crippen molar-refractivity contribution in [2.24, 2.45) is 0 Å². The highest BCUT2D eigenvalue weighted by atomic mass is 32.1. The number of para-hydroxylation sites is 1. The fourth-order valence-corrected chi connectivity index (χ4v) is 6.61. The fourth-order valence-electron chi connectivity index (χ4n) is 5.83. The van der Waals surface area contributed by atoms with E-state index in [4.69, 9.17) is 14.7 Å². The van der Waals surface area contributed by atoms with E-state index in [9.17, 15) is 14.4 Å². The van der Waals surface area contributed by atoms with E-state index in [1.807, 2.05) is 56.5 Å². The van der Waals surface area contributed by atoms with Gasteiger partial charge < -0.3 is 19.5 Å². The molecule has 4 aromatic rings. The summed E-state index contributed by atoms with van der Waals surface area (Å²) < 4.78 is 5.61. The standard InChI is InChI=1S/C28H26N6O4S/c1-28(2,3)38-27(37)34-13-14-10-15(34)12-33(14)26-30-19-7-5-4-6-17(19)22(31-26)21-20(23(35)32-24(21)36)18-11-29-25-16(18)8-9-39-25/h4-9,11,14-15,29H,10,12-13H2,1-3H3,(H,32,35,36)/t14-,15-/m0/s1. The summed E-state index contributed by atoms with van der Waals surface area (Å²) in [6.07, 6.45) is 2.25. The normalized spacial score (nSPS) is 21.1. The lowest BCUT2D eigenvalue weighted by atomic mass is 9.97. The molecular weight excluding hydrogens is 516 g/mol. The van der Waals surface area contributed by atoms with Gasteiger partial charge in [0, 0.05) is 35.6 Å². The number of benzene rings is 1. The van der Waals surface area contributed by atoms with Crippen LogP contribution in [0, 0.1) is 0 Å². The number of hydrogen-bond donors (Lipinski definition) is 2. The molecule has 3 aliphatic heterocycles. The number of carbonyl (C=O) groups excluding carboxylic acids is 3. The number of piperazine rings is 1. The average Bonchev–Trinajstić information content (AvgIpc) is 3.69. The van der Waals surface area contributed by atoms with E-state index in [0.29, 0.717) is 46.8 Å². The Balaban J connectivity index is 1.32. The molecule has 0 radical (unpaired) electrons. The number of nitrogens with zero attached hydrogens (tertiary/aromatic N) is 4. The van der Waals surface area contributed by atoms with E-state index < -0.39 is 17.4 Å². The van der Waals surface area contributed by atoms with Crippen molar-refractivity contribution >= 4 is 67.5 Å². The number of thiophene rings is 1. The highest BCUT2D eigenvalue weighted by molar-refractivity contribution is 7.16. The maximum absolute atomic E-state index is 13.3. The minimum atomic E-state index is -0.562. The number of nitrogens with one attached hydrogen (secondary N) is 2. The van der Waals surface area contributed by atoms with Crippen molar-refractivity contribution in [3.63, 3.8) is 0 Å². The van der Waals surface area contributed by atoms with Gasteiger partial charge in [-0.3, -0.25) is 14.9 Å². The van der Waals surface area contributed by atoms with Crippen molar-refractivity contribution in [2.45, 2.75) is 44.9 Å². The summed E-state index contributed by atoms with van der Waals surface area (Å²) in [6.45, 7) is 6.66. The van der Waals surface area contributed by atoms with Crippen LogP contribution in [0.3, 0.4) is 0 Å². The Hall–Kier alpha value is -4.25. The second kappa shape index (κ2) is 8.37. The van der Waals surface area contributed by atoms with Gasteiger partial charge in [0.05, 0.1) is 34.4 Å². The molecule has 0 spiro atoms. The van der Waals surface area contributed by atoms with Crippen LogP contribution in [0.1, 0.15) is 38.4 Å². The quantitative estimate of drug-likeness (QED) is 0.376. The number of fused-ring (bicyclic) bond motifs is 4. The monoisotopic (exact) mass is 542 g/mol. The fraction of sp³-hybridized carbons (Fsp3) is 0.321. The molecule has 3 amide bonds. The largest absolute Gasteiger partial charge is 0.444 e. The number of imide groups is 1. The first-order valence-corrected chi connectivity index (χ1v) is 13.7. The Morgan fingerprint density at radius 2 is 1.82 bits per heavy atom. The molecule has 3 aromatic heterocycles. The summed E-state index contributed by atoms with van der Waals surface area (Å²) in [4.78, 5) is 56.9. The van der Waals surface area contributed by atoms with Crippen LogP contribution in [0.15, 0.2) is 41.9 Å². The Kier molecular flexibility index (Phi) is 5.12. The lowest BCUT2D eigenvalue weighted by molar-refractivity contribution is -0.122. The summed E-state index contributed by atoms with van der Waals surface area (Å²) in [7, 11) is 0. The second-order valence-corrected chi connectivity index (χ2v) is 12.0. The minimum absolute atomic E-state index is 0.0127. The van der Waals surface area contributed by atoms with Crippen molar-refractivity contribution in [1.29, 1.82) is 0 Å². The molecule has 0 saturated carbocycles. The van der Waals surface area contributed by atoms with Crippen molar-refractivity contribution in [3.8, 4) is 0 Å². The van der Waals surface area contributed by atoms with E-state index in [1.54, 1.807) is 11.1 Å². The number of carbonyl (C=O) groups is 3. The molecule has 11 heteroatoms. The van der Waals surface area contributed by atoms with Gasteiger partial charge in [-0.1, -0.05) is 18.2 Å². The van der Waals surface area contributed by atoms with Crippen LogP contribution >= 0.6 is 11.3 Å². The van der Waals surface area contributed by atoms with Crippen molar-refractivity contribution in [2.75, 3.05) is 18.0 Å². The molecule has 198 valence electrons. The Bertz CT molecular complexity index is 1730. The van der Waals surface area contributed by atoms with Gasteiger partial charge in [0.15, 0.2) is 0 Å². The van der Waals surface area contributed by atoms with Gasteiger partial charge in [-0.2, -0.15) is 0 Å².